The van der Waals surface area contributed by atoms with E-state index in [0.29, 0.717) is 0 Å². The molecule has 0 aliphatic rings. The van der Waals surface area contributed by atoms with Gasteiger partial charge in [-0.3, -0.25) is 9.78 Å². The SMILES string of the molecule is O=C(c1cccc(S(=O)(=O)F)c1)c1ccccn1. The number of aromatic nitrogens is 1. The topological polar surface area (TPSA) is 64.1 Å². The number of benzene rings is 1. The van der Waals surface area contributed by atoms with Crippen molar-refractivity contribution < 1.29 is 17.1 Å². The number of halogens is 1. The smallest absolute Gasteiger partial charge is 0.287 e. The summed E-state index contributed by atoms with van der Waals surface area (Å²) in [6.45, 7) is 0. The van der Waals surface area contributed by atoms with E-state index in [9.17, 15) is 17.1 Å². The van der Waals surface area contributed by atoms with E-state index in [1.807, 2.05) is 0 Å². The van der Waals surface area contributed by atoms with Gasteiger partial charge < -0.3 is 0 Å². The lowest BCUT2D eigenvalue weighted by atomic mass is 10.1. The van der Waals surface area contributed by atoms with Crippen molar-refractivity contribution >= 4 is 16.0 Å². The van der Waals surface area contributed by atoms with Gasteiger partial charge in [-0.2, -0.15) is 8.42 Å². The first-order valence-corrected chi connectivity index (χ1v) is 6.37. The summed E-state index contributed by atoms with van der Waals surface area (Å²) in [4.78, 5) is 15.3. The number of hydrogen-bond acceptors (Lipinski definition) is 4. The first-order chi connectivity index (χ1) is 8.48. The van der Waals surface area contributed by atoms with Crippen molar-refractivity contribution in [2.75, 3.05) is 0 Å². The van der Waals surface area contributed by atoms with Gasteiger partial charge in [0.05, 0.1) is 4.90 Å². The van der Waals surface area contributed by atoms with Gasteiger partial charge in [-0.15, -0.1) is 3.89 Å². The van der Waals surface area contributed by atoms with E-state index in [0.717, 1.165) is 12.1 Å². The van der Waals surface area contributed by atoms with Gasteiger partial charge in [0.25, 0.3) is 0 Å². The molecule has 0 saturated carbocycles. The molecule has 0 unspecified atom stereocenters. The lowest BCUT2D eigenvalue weighted by Gasteiger charge is -2.01. The molecule has 4 nitrogen and oxygen atoms in total. The Morgan fingerprint density at radius 1 is 1.11 bits per heavy atom. The number of carbonyl (C=O) groups is 1. The third-order valence-corrected chi connectivity index (χ3v) is 3.09. The molecule has 92 valence electrons. The van der Waals surface area contributed by atoms with E-state index in [-0.39, 0.29) is 11.3 Å². The fourth-order valence-corrected chi connectivity index (χ4v) is 1.94. The Morgan fingerprint density at radius 2 is 1.89 bits per heavy atom. The number of pyridine rings is 1. The predicted molar refractivity (Wildman–Crippen MR) is 62.4 cm³/mol. The lowest BCUT2D eigenvalue weighted by molar-refractivity contribution is 0.103. The summed E-state index contributed by atoms with van der Waals surface area (Å²) in [6.07, 6.45) is 1.45. The van der Waals surface area contributed by atoms with Gasteiger partial charge in [0.1, 0.15) is 5.69 Å². The van der Waals surface area contributed by atoms with Crippen LogP contribution in [0.5, 0.6) is 0 Å². The predicted octanol–water partition coefficient (Wildman–Crippen LogP) is 1.97. The van der Waals surface area contributed by atoms with Crippen molar-refractivity contribution in [1.29, 1.82) is 0 Å². The average Bonchev–Trinajstić information content (AvgIpc) is 2.38. The van der Waals surface area contributed by atoms with Gasteiger partial charge >= 0.3 is 10.2 Å². The summed E-state index contributed by atoms with van der Waals surface area (Å²) in [5.41, 5.74) is 0.248. The minimum Gasteiger partial charge on any atom is -0.287 e. The molecule has 0 aliphatic heterocycles. The Morgan fingerprint density at radius 3 is 2.50 bits per heavy atom. The second-order valence-corrected chi connectivity index (χ2v) is 4.86. The minimum absolute atomic E-state index is 0.0763. The Labute approximate surface area is 103 Å². The molecule has 6 heteroatoms. The van der Waals surface area contributed by atoms with Crippen LogP contribution in [0.4, 0.5) is 3.89 Å². The third kappa shape index (κ3) is 2.60. The number of rotatable bonds is 3. The molecule has 0 bridgehead atoms. The zero-order valence-corrected chi connectivity index (χ0v) is 9.89. The van der Waals surface area contributed by atoms with Crippen molar-refractivity contribution in [2.24, 2.45) is 0 Å². The van der Waals surface area contributed by atoms with Crippen LogP contribution < -0.4 is 0 Å². The highest BCUT2D eigenvalue weighted by Crippen LogP contribution is 2.16. The highest BCUT2D eigenvalue weighted by atomic mass is 32.3. The van der Waals surface area contributed by atoms with Gasteiger partial charge in [-0.05, 0) is 24.3 Å². The van der Waals surface area contributed by atoms with Crippen LogP contribution >= 0.6 is 0 Å². The van der Waals surface area contributed by atoms with Crippen LogP contribution in [-0.2, 0) is 10.2 Å². The van der Waals surface area contributed by atoms with E-state index in [4.69, 9.17) is 0 Å². The van der Waals surface area contributed by atoms with Crippen LogP contribution in [0, 0.1) is 0 Å². The Bertz CT molecular complexity index is 683. The maximum atomic E-state index is 12.8. The summed E-state index contributed by atoms with van der Waals surface area (Å²) in [5, 5.41) is 0. The van der Waals surface area contributed by atoms with Crippen LogP contribution in [-0.4, -0.2) is 19.2 Å². The zero-order chi connectivity index (χ0) is 13.2. The van der Waals surface area contributed by atoms with Crippen molar-refractivity contribution in [3.05, 3.63) is 59.9 Å². The minimum atomic E-state index is -4.81. The van der Waals surface area contributed by atoms with E-state index in [2.05, 4.69) is 4.98 Å². The van der Waals surface area contributed by atoms with Gasteiger partial charge in [-0.1, -0.05) is 18.2 Å². The summed E-state index contributed by atoms with van der Waals surface area (Å²) in [7, 11) is -4.81. The Balaban J connectivity index is 2.44. The normalized spacial score (nSPS) is 11.2. The first kappa shape index (κ1) is 12.4. The van der Waals surface area contributed by atoms with Gasteiger partial charge in [0, 0.05) is 11.8 Å². The van der Waals surface area contributed by atoms with Crippen molar-refractivity contribution in [1.82, 2.24) is 4.98 Å². The summed E-state index contributed by atoms with van der Waals surface area (Å²) < 4.78 is 34.3. The monoisotopic (exact) mass is 265 g/mol. The summed E-state index contributed by atoms with van der Waals surface area (Å²) in [5.74, 6) is -0.457. The highest BCUT2D eigenvalue weighted by Gasteiger charge is 2.16. The zero-order valence-electron chi connectivity index (χ0n) is 9.08. The van der Waals surface area contributed by atoms with E-state index >= 15 is 0 Å². The molecule has 2 rings (SSSR count). The molecule has 1 heterocycles. The fraction of sp³-hybridized carbons (Fsp3) is 0. The molecule has 0 fully saturated rings. The third-order valence-electron chi connectivity index (χ3n) is 2.28. The molecule has 2 aromatic rings. The van der Waals surface area contributed by atoms with Gasteiger partial charge in [-0.25, -0.2) is 0 Å². The fourth-order valence-electron chi connectivity index (χ4n) is 1.43. The molecule has 0 saturated heterocycles. The van der Waals surface area contributed by atoms with E-state index in [1.165, 1.54) is 24.4 Å². The molecule has 1 aromatic carbocycles. The van der Waals surface area contributed by atoms with E-state index < -0.39 is 20.9 Å². The molecule has 0 N–H and O–H groups in total. The Hall–Kier alpha value is -2.08. The highest BCUT2D eigenvalue weighted by molar-refractivity contribution is 7.86. The van der Waals surface area contributed by atoms with Crippen LogP contribution in [0.25, 0.3) is 0 Å². The van der Waals surface area contributed by atoms with E-state index in [1.54, 1.807) is 12.1 Å². The molecule has 0 aliphatic carbocycles. The molecule has 0 spiro atoms. The largest absolute Gasteiger partial charge is 0.332 e. The van der Waals surface area contributed by atoms with Crippen LogP contribution in [0.1, 0.15) is 16.1 Å². The maximum Gasteiger partial charge on any atom is 0.332 e. The molecular weight excluding hydrogens is 257 g/mol. The van der Waals surface area contributed by atoms with Crippen LogP contribution in [0.15, 0.2) is 53.6 Å². The molecule has 0 radical (unpaired) electrons. The molecule has 0 atom stereocenters. The second kappa shape index (κ2) is 4.66. The summed E-state index contributed by atoms with van der Waals surface area (Å²) >= 11 is 0. The molecule has 1 aromatic heterocycles. The van der Waals surface area contributed by atoms with Crippen LogP contribution in [0.3, 0.4) is 0 Å². The van der Waals surface area contributed by atoms with Crippen molar-refractivity contribution in [3.8, 4) is 0 Å². The van der Waals surface area contributed by atoms with Crippen molar-refractivity contribution in [3.63, 3.8) is 0 Å². The summed E-state index contributed by atoms with van der Waals surface area (Å²) in [6, 6.07) is 9.58. The quantitative estimate of drug-likeness (QED) is 0.628. The van der Waals surface area contributed by atoms with Gasteiger partial charge in [0.15, 0.2) is 0 Å². The molecular formula is C12H8FNO3S. The second-order valence-electron chi connectivity index (χ2n) is 3.51. The average molecular weight is 265 g/mol. The standard InChI is InChI=1S/C12H8FNO3S/c13-18(16,17)10-5-3-4-9(8-10)12(15)11-6-1-2-7-14-11/h1-8H. The number of nitrogens with zero attached hydrogens (tertiary/aromatic N) is 1. The first-order valence-electron chi connectivity index (χ1n) is 4.99. The van der Waals surface area contributed by atoms with Crippen molar-refractivity contribution in [2.45, 2.75) is 4.90 Å². The van der Waals surface area contributed by atoms with Crippen LogP contribution in [0.2, 0.25) is 0 Å². The lowest BCUT2D eigenvalue weighted by Crippen LogP contribution is -2.04. The number of hydrogen-bond donors (Lipinski definition) is 0. The molecule has 0 amide bonds. The molecule has 18 heavy (non-hydrogen) atoms. The maximum absolute atomic E-state index is 12.8. The number of carbonyl (C=O) groups excluding carboxylic acids is 1. The van der Waals surface area contributed by atoms with Gasteiger partial charge in [0.2, 0.25) is 5.78 Å². The Kier molecular flexibility index (Phi) is 3.20. The number of ketones is 1.